The average molecular weight is 305 g/mol. The molecule has 0 spiro atoms. The number of para-hydroxylation sites is 1. The number of benzene rings is 1. The number of hydrogen-bond donors (Lipinski definition) is 1. The Morgan fingerprint density at radius 2 is 2.10 bits per heavy atom. The molecule has 1 aromatic heterocycles. The van der Waals surface area contributed by atoms with Crippen LogP contribution in [0.3, 0.4) is 0 Å². The van der Waals surface area contributed by atoms with Crippen LogP contribution in [-0.2, 0) is 12.8 Å². The van der Waals surface area contributed by atoms with E-state index in [4.69, 9.17) is 15.2 Å². The predicted molar refractivity (Wildman–Crippen MR) is 88.5 cm³/mol. The van der Waals surface area contributed by atoms with Gasteiger partial charge in [-0.1, -0.05) is 12.1 Å². The van der Waals surface area contributed by atoms with Crippen molar-refractivity contribution in [1.29, 1.82) is 0 Å². The molecule has 1 aromatic carbocycles. The minimum absolute atomic E-state index is 0.0982. The summed E-state index contributed by atoms with van der Waals surface area (Å²) in [5.41, 5.74) is 8.35. The lowest BCUT2D eigenvalue weighted by Gasteiger charge is -2.17. The molecule has 0 radical (unpaired) electrons. The molecule has 0 aliphatic rings. The Bertz CT molecular complexity index is 538. The summed E-state index contributed by atoms with van der Waals surface area (Å²) >= 11 is 1.71. The molecule has 1 unspecified atom stereocenters. The summed E-state index contributed by atoms with van der Waals surface area (Å²) in [5, 5.41) is 4.24. The van der Waals surface area contributed by atoms with Gasteiger partial charge in [0.15, 0.2) is 11.5 Å². The monoisotopic (exact) mass is 305 g/mol. The molecule has 114 valence electrons. The first-order valence-corrected chi connectivity index (χ1v) is 8.29. The van der Waals surface area contributed by atoms with Crippen LogP contribution < -0.4 is 15.2 Å². The van der Waals surface area contributed by atoms with Gasteiger partial charge in [-0.3, -0.25) is 0 Å². The van der Waals surface area contributed by atoms with E-state index in [1.165, 1.54) is 5.56 Å². The predicted octanol–water partition coefficient (Wildman–Crippen LogP) is 3.66. The van der Waals surface area contributed by atoms with E-state index in [0.717, 1.165) is 29.9 Å². The van der Waals surface area contributed by atoms with E-state index in [1.807, 2.05) is 26.0 Å². The van der Waals surface area contributed by atoms with Crippen molar-refractivity contribution in [2.75, 3.05) is 13.2 Å². The van der Waals surface area contributed by atoms with Crippen LogP contribution in [0.5, 0.6) is 11.5 Å². The number of ether oxygens (including phenoxy) is 2. The molecule has 3 nitrogen and oxygen atoms in total. The van der Waals surface area contributed by atoms with Crippen LogP contribution >= 0.6 is 11.3 Å². The zero-order valence-corrected chi connectivity index (χ0v) is 13.5. The fraction of sp³-hybridized carbons (Fsp3) is 0.412. The van der Waals surface area contributed by atoms with E-state index in [2.05, 4.69) is 22.9 Å². The van der Waals surface area contributed by atoms with Gasteiger partial charge in [0.05, 0.1) is 13.2 Å². The lowest BCUT2D eigenvalue weighted by atomic mass is 10.1. The Morgan fingerprint density at radius 3 is 2.76 bits per heavy atom. The van der Waals surface area contributed by atoms with Crippen molar-refractivity contribution in [3.63, 3.8) is 0 Å². The number of rotatable bonds is 8. The van der Waals surface area contributed by atoms with E-state index in [9.17, 15) is 0 Å². The van der Waals surface area contributed by atoms with Gasteiger partial charge in [-0.2, -0.15) is 11.3 Å². The molecule has 1 heterocycles. The molecular formula is C17H23NO2S. The second kappa shape index (κ2) is 8.05. The van der Waals surface area contributed by atoms with E-state index in [0.29, 0.717) is 13.2 Å². The summed E-state index contributed by atoms with van der Waals surface area (Å²) in [6.45, 7) is 5.26. The number of thiophene rings is 1. The fourth-order valence-corrected chi connectivity index (χ4v) is 2.91. The first kappa shape index (κ1) is 15.9. The Labute approximate surface area is 130 Å². The lowest BCUT2D eigenvalue weighted by Crippen LogP contribution is -2.18. The largest absolute Gasteiger partial charge is 0.490 e. The lowest BCUT2D eigenvalue weighted by molar-refractivity contribution is 0.276. The third-order valence-corrected chi connectivity index (χ3v) is 3.85. The van der Waals surface area contributed by atoms with E-state index in [-0.39, 0.29) is 6.04 Å². The maximum Gasteiger partial charge on any atom is 0.164 e. The highest BCUT2D eigenvalue weighted by atomic mass is 32.1. The molecule has 4 heteroatoms. The van der Waals surface area contributed by atoms with Crippen molar-refractivity contribution in [2.24, 2.45) is 5.73 Å². The van der Waals surface area contributed by atoms with Crippen molar-refractivity contribution in [1.82, 2.24) is 0 Å². The Kier molecular flexibility index (Phi) is 6.08. The van der Waals surface area contributed by atoms with Crippen LogP contribution in [0, 0.1) is 0 Å². The first-order valence-electron chi connectivity index (χ1n) is 7.34. The Hall–Kier alpha value is -1.52. The molecule has 2 aromatic rings. The molecule has 0 amide bonds. The molecular weight excluding hydrogens is 282 g/mol. The molecule has 0 aliphatic heterocycles. The molecule has 0 aliphatic carbocycles. The zero-order valence-electron chi connectivity index (χ0n) is 12.7. The van der Waals surface area contributed by atoms with Gasteiger partial charge in [0, 0.05) is 12.5 Å². The topological polar surface area (TPSA) is 44.5 Å². The molecule has 21 heavy (non-hydrogen) atoms. The van der Waals surface area contributed by atoms with Crippen molar-refractivity contribution in [3.8, 4) is 11.5 Å². The van der Waals surface area contributed by atoms with Gasteiger partial charge in [-0.25, -0.2) is 0 Å². The summed E-state index contributed by atoms with van der Waals surface area (Å²) in [7, 11) is 0. The second-order valence-corrected chi connectivity index (χ2v) is 5.87. The molecule has 1 atom stereocenters. The number of nitrogens with two attached hydrogens (primary N) is 1. The molecule has 0 saturated carbocycles. The summed E-state index contributed by atoms with van der Waals surface area (Å²) in [5.74, 6) is 1.65. The van der Waals surface area contributed by atoms with Gasteiger partial charge >= 0.3 is 0 Å². The van der Waals surface area contributed by atoms with Gasteiger partial charge < -0.3 is 15.2 Å². The molecule has 0 bridgehead atoms. The highest BCUT2D eigenvalue weighted by Gasteiger charge is 2.12. The van der Waals surface area contributed by atoms with Crippen molar-refractivity contribution < 1.29 is 9.47 Å². The van der Waals surface area contributed by atoms with Gasteiger partial charge in [0.1, 0.15) is 0 Å². The zero-order chi connectivity index (χ0) is 15.1. The van der Waals surface area contributed by atoms with Gasteiger partial charge in [-0.15, -0.1) is 0 Å². The van der Waals surface area contributed by atoms with Crippen LogP contribution in [0.2, 0.25) is 0 Å². The smallest absolute Gasteiger partial charge is 0.164 e. The third-order valence-electron chi connectivity index (χ3n) is 3.12. The van der Waals surface area contributed by atoms with Crippen molar-refractivity contribution >= 4 is 11.3 Å². The van der Waals surface area contributed by atoms with E-state index in [1.54, 1.807) is 11.3 Å². The van der Waals surface area contributed by atoms with E-state index >= 15 is 0 Å². The van der Waals surface area contributed by atoms with Crippen LogP contribution in [0.15, 0.2) is 35.0 Å². The van der Waals surface area contributed by atoms with Gasteiger partial charge in [-0.05, 0) is 54.3 Å². The second-order valence-electron chi connectivity index (χ2n) is 5.09. The highest BCUT2D eigenvalue weighted by molar-refractivity contribution is 7.07. The first-order chi connectivity index (χ1) is 10.2. The maximum atomic E-state index is 6.02. The standard InChI is InChI=1S/C17H23NO2S/c1-3-19-16-6-4-5-15(11-13(2)18)17(16)20-9-7-14-8-10-21-12-14/h4-6,8,10,12-13H,3,7,9,11,18H2,1-2H3. The Balaban J connectivity index is 2.09. The van der Waals surface area contributed by atoms with E-state index < -0.39 is 0 Å². The molecule has 2 rings (SSSR count). The minimum Gasteiger partial charge on any atom is -0.490 e. The summed E-state index contributed by atoms with van der Waals surface area (Å²) in [6, 6.07) is 8.24. The van der Waals surface area contributed by atoms with Gasteiger partial charge in [0.25, 0.3) is 0 Å². The molecule has 0 fully saturated rings. The SMILES string of the molecule is CCOc1cccc(CC(C)N)c1OCCc1ccsc1. The maximum absolute atomic E-state index is 6.02. The third kappa shape index (κ3) is 4.76. The van der Waals surface area contributed by atoms with Crippen LogP contribution in [0.25, 0.3) is 0 Å². The van der Waals surface area contributed by atoms with Gasteiger partial charge in [0.2, 0.25) is 0 Å². The minimum atomic E-state index is 0.0982. The summed E-state index contributed by atoms with van der Waals surface area (Å²) < 4.78 is 11.7. The Morgan fingerprint density at radius 1 is 1.24 bits per heavy atom. The summed E-state index contributed by atoms with van der Waals surface area (Å²) in [4.78, 5) is 0. The van der Waals surface area contributed by atoms with Crippen LogP contribution in [0.1, 0.15) is 25.0 Å². The van der Waals surface area contributed by atoms with Crippen molar-refractivity contribution in [3.05, 3.63) is 46.2 Å². The molecule has 0 saturated heterocycles. The van der Waals surface area contributed by atoms with Crippen LogP contribution in [-0.4, -0.2) is 19.3 Å². The molecule has 2 N–H and O–H groups in total. The quantitative estimate of drug-likeness (QED) is 0.809. The highest BCUT2D eigenvalue weighted by Crippen LogP contribution is 2.32. The van der Waals surface area contributed by atoms with Crippen LogP contribution in [0.4, 0.5) is 0 Å². The normalized spacial score (nSPS) is 12.1. The fourth-order valence-electron chi connectivity index (χ4n) is 2.21. The van der Waals surface area contributed by atoms with Crippen molar-refractivity contribution in [2.45, 2.75) is 32.7 Å². The number of hydrogen-bond acceptors (Lipinski definition) is 4. The summed E-state index contributed by atoms with van der Waals surface area (Å²) in [6.07, 6.45) is 1.69. The average Bonchev–Trinajstić information content (AvgIpc) is 2.94.